The number of fused-ring (bicyclic) bond motifs is 1. The number of aromatic amines is 1. The zero-order valence-electron chi connectivity index (χ0n) is 18.2. The minimum atomic E-state index is -5.08. The number of aliphatic carboxylic acids is 1. The first kappa shape index (κ1) is 26.6. The number of methoxy groups -OCH3 is 4. The number of halogens is 4. The highest BCUT2D eigenvalue weighted by Crippen LogP contribution is 2.42. The van der Waals surface area contributed by atoms with Gasteiger partial charge < -0.3 is 34.1 Å². The van der Waals surface area contributed by atoms with Gasteiger partial charge >= 0.3 is 12.1 Å². The van der Waals surface area contributed by atoms with Gasteiger partial charge in [0.05, 0.1) is 50.6 Å². The number of aromatic hydroxyl groups is 1. The second-order valence-corrected chi connectivity index (χ2v) is 7.27. The van der Waals surface area contributed by atoms with E-state index in [1.165, 1.54) is 34.5 Å². The van der Waals surface area contributed by atoms with Crippen LogP contribution in [-0.4, -0.2) is 55.8 Å². The first-order chi connectivity index (χ1) is 15.9. The molecule has 1 heterocycles. The Morgan fingerprint density at radius 1 is 0.941 bits per heavy atom. The molecule has 1 aromatic heterocycles. The summed E-state index contributed by atoms with van der Waals surface area (Å²) in [6.45, 7) is 0. The molecule has 0 aliphatic rings. The maximum Gasteiger partial charge on any atom is 0.490 e. The van der Waals surface area contributed by atoms with Crippen molar-refractivity contribution in [2.75, 3.05) is 28.4 Å². The quantitative estimate of drug-likeness (QED) is 0.429. The predicted octanol–water partition coefficient (Wildman–Crippen LogP) is 4.33. The Morgan fingerprint density at radius 3 is 1.94 bits per heavy atom. The lowest BCUT2D eigenvalue weighted by Crippen LogP contribution is -2.21. The van der Waals surface area contributed by atoms with E-state index in [2.05, 4.69) is 20.9 Å². The van der Waals surface area contributed by atoms with Crippen molar-refractivity contribution in [2.24, 2.45) is 0 Å². The van der Waals surface area contributed by atoms with Gasteiger partial charge in [-0.1, -0.05) is 0 Å². The summed E-state index contributed by atoms with van der Waals surface area (Å²) in [5.74, 6) is -1.35. The highest BCUT2D eigenvalue weighted by molar-refractivity contribution is 9.10. The molecule has 2 aromatic carbocycles. The molecule has 34 heavy (non-hydrogen) atoms. The van der Waals surface area contributed by atoms with Crippen molar-refractivity contribution in [1.29, 1.82) is 0 Å². The maximum absolute atomic E-state index is 12.8. The van der Waals surface area contributed by atoms with Gasteiger partial charge in [0.15, 0.2) is 17.2 Å². The topological polar surface area (TPSA) is 127 Å². The van der Waals surface area contributed by atoms with Crippen LogP contribution in [0, 0.1) is 0 Å². The Bertz CT molecular complexity index is 1270. The largest absolute Gasteiger partial charge is 0.503 e. The summed E-state index contributed by atoms with van der Waals surface area (Å²) < 4.78 is 53.5. The maximum atomic E-state index is 12.8. The van der Waals surface area contributed by atoms with Crippen molar-refractivity contribution < 1.29 is 47.1 Å². The molecule has 3 N–H and O–H groups in total. The molecule has 0 radical (unpaired) electrons. The van der Waals surface area contributed by atoms with Crippen molar-refractivity contribution in [3.8, 4) is 40.0 Å². The molecule has 9 nitrogen and oxygen atoms in total. The number of rotatable bonds is 5. The van der Waals surface area contributed by atoms with Gasteiger partial charge in [0, 0.05) is 16.6 Å². The van der Waals surface area contributed by atoms with Gasteiger partial charge in [-0.15, -0.1) is 0 Å². The molecule has 3 aromatic rings. The number of nitrogens with one attached hydrogen (secondary N) is 1. The number of carboxylic acids is 1. The normalized spacial score (nSPS) is 10.8. The molecule has 0 spiro atoms. The van der Waals surface area contributed by atoms with Crippen LogP contribution in [0.4, 0.5) is 13.2 Å². The molecule has 0 aliphatic heterocycles. The first-order valence-electron chi connectivity index (χ1n) is 9.12. The Hall–Kier alpha value is -3.61. The summed E-state index contributed by atoms with van der Waals surface area (Å²) in [5, 5.41) is 18.0. The second-order valence-electron chi connectivity index (χ2n) is 6.42. The Kier molecular flexibility index (Phi) is 8.26. The van der Waals surface area contributed by atoms with E-state index in [0.29, 0.717) is 38.6 Å². The van der Waals surface area contributed by atoms with Crippen LogP contribution >= 0.6 is 15.9 Å². The van der Waals surface area contributed by atoms with E-state index >= 15 is 0 Å². The summed E-state index contributed by atoms with van der Waals surface area (Å²) in [5.41, 5.74) is 0.648. The fourth-order valence-corrected chi connectivity index (χ4v) is 3.48. The fraction of sp³-hybridized carbons (Fsp3) is 0.238. The van der Waals surface area contributed by atoms with Crippen molar-refractivity contribution in [3.63, 3.8) is 0 Å². The van der Waals surface area contributed by atoms with Crippen LogP contribution in [0.5, 0.6) is 28.7 Å². The lowest BCUT2D eigenvalue weighted by molar-refractivity contribution is -0.192. The number of pyridine rings is 1. The molecular weight excluding hydrogens is 531 g/mol. The smallest absolute Gasteiger partial charge is 0.490 e. The van der Waals surface area contributed by atoms with Gasteiger partial charge in [-0.25, -0.2) is 4.79 Å². The minimum absolute atomic E-state index is 0.214. The third-order valence-electron chi connectivity index (χ3n) is 4.46. The van der Waals surface area contributed by atoms with Crippen molar-refractivity contribution in [1.82, 2.24) is 4.98 Å². The predicted molar refractivity (Wildman–Crippen MR) is 119 cm³/mol. The van der Waals surface area contributed by atoms with E-state index in [4.69, 9.17) is 28.8 Å². The van der Waals surface area contributed by atoms with Crippen molar-refractivity contribution in [3.05, 3.63) is 39.0 Å². The van der Waals surface area contributed by atoms with E-state index < -0.39 is 23.3 Å². The second kappa shape index (κ2) is 10.5. The summed E-state index contributed by atoms with van der Waals surface area (Å²) in [6.07, 6.45) is -5.08. The number of carboxylic acid groups (broad SMARTS) is 1. The van der Waals surface area contributed by atoms with Crippen LogP contribution in [0.3, 0.4) is 0 Å². The standard InChI is InChI=1S/C19H18BrNO6.C2HF3O2/c1-24-9-5-11(20)16(15(6-9)27-4)17-19(23)18(22)10-7-13(25-2)14(26-3)8-12(10)21-17;3-2(4,5)1(6)7/h5-8,23H,1-4H3,(H,21,22);(H,6,7). The van der Waals surface area contributed by atoms with Gasteiger partial charge in [0.25, 0.3) is 0 Å². The molecule has 0 atom stereocenters. The van der Waals surface area contributed by atoms with Gasteiger partial charge in [0.2, 0.25) is 5.43 Å². The van der Waals surface area contributed by atoms with E-state index in [9.17, 15) is 23.1 Å². The summed E-state index contributed by atoms with van der Waals surface area (Å²) in [7, 11) is 6.02. The molecule has 0 aliphatic carbocycles. The van der Waals surface area contributed by atoms with E-state index in [1.54, 1.807) is 18.2 Å². The number of H-pyrrole nitrogens is 1. The molecule has 0 saturated heterocycles. The molecule has 13 heteroatoms. The number of alkyl halides is 3. The van der Waals surface area contributed by atoms with Crippen LogP contribution in [-0.2, 0) is 4.79 Å². The average molecular weight is 550 g/mol. The van der Waals surface area contributed by atoms with Gasteiger partial charge in [0.1, 0.15) is 11.5 Å². The van der Waals surface area contributed by atoms with Gasteiger partial charge in [-0.05, 0) is 28.1 Å². The molecule has 0 saturated carbocycles. The lowest BCUT2D eigenvalue weighted by Gasteiger charge is -2.15. The monoisotopic (exact) mass is 549 g/mol. The Balaban J connectivity index is 0.000000509. The van der Waals surface area contributed by atoms with Crippen molar-refractivity contribution >= 4 is 32.8 Å². The Labute approximate surface area is 198 Å². The number of carbonyl (C=O) groups is 1. The molecule has 0 fully saturated rings. The lowest BCUT2D eigenvalue weighted by atomic mass is 10.1. The van der Waals surface area contributed by atoms with E-state index in [0.717, 1.165) is 0 Å². The van der Waals surface area contributed by atoms with Crippen LogP contribution in [0.15, 0.2) is 33.5 Å². The summed E-state index contributed by atoms with van der Waals surface area (Å²) in [6, 6.07) is 6.55. The number of hydrogen-bond acceptors (Lipinski definition) is 7. The number of ether oxygens (including phenoxy) is 4. The van der Waals surface area contributed by atoms with Gasteiger partial charge in [-0.2, -0.15) is 13.2 Å². The molecule has 3 rings (SSSR count). The Morgan fingerprint density at radius 2 is 1.47 bits per heavy atom. The van der Waals surface area contributed by atoms with Crippen molar-refractivity contribution in [2.45, 2.75) is 6.18 Å². The molecule has 0 unspecified atom stereocenters. The van der Waals surface area contributed by atoms with Crippen LogP contribution < -0.4 is 24.4 Å². The molecule has 0 amide bonds. The molecule has 0 bridgehead atoms. The molecular formula is C21H19BrF3NO8. The highest BCUT2D eigenvalue weighted by Gasteiger charge is 2.38. The fourth-order valence-electron chi connectivity index (χ4n) is 2.87. The third kappa shape index (κ3) is 5.47. The van der Waals surface area contributed by atoms with Crippen LogP contribution in [0.1, 0.15) is 0 Å². The van der Waals surface area contributed by atoms with Crippen LogP contribution in [0.25, 0.3) is 22.2 Å². The third-order valence-corrected chi connectivity index (χ3v) is 5.08. The van der Waals surface area contributed by atoms with E-state index in [-0.39, 0.29) is 11.1 Å². The number of hydrogen-bond donors (Lipinski definition) is 3. The van der Waals surface area contributed by atoms with Gasteiger partial charge in [-0.3, -0.25) is 4.79 Å². The first-order valence-corrected chi connectivity index (χ1v) is 9.91. The van der Waals surface area contributed by atoms with Crippen LogP contribution in [0.2, 0.25) is 0 Å². The van der Waals surface area contributed by atoms with E-state index in [1.807, 2.05) is 0 Å². The molecule has 184 valence electrons. The highest BCUT2D eigenvalue weighted by atomic mass is 79.9. The summed E-state index contributed by atoms with van der Waals surface area (Å²) in [4.78, 5) is 24.8. The summed E-state index contributed by atoms with van der Waals surface area (Å²) >= 11 is 3.45. The average Bonchev–Trinajstić information content (AvgIpc) is 2.79. The zero-order valence-corrected chi connectivity index (χ0v) is 19.8. The number of aromatic nitrogens is 1. The SMILES string of the molecule is COc1cc(Br)c(-c2[nH]c3cc(OC)c(OC)cc3c(=O)c2O)c(OC)c1.O=C(O)C(F)(F)F. The minimum Gasteiger partial charge on any atom is -0.503 e. The number of benzene rings is 2. The zero-order chi connectivity index (χ0) is 25.8.